The van der Waals surface area contributed by atoms with Gasteiger partial charge < -0.3 is 10.6 Å². The minimum absolute atomic E-state index is 0.0173. The van der Waals surface area contributed by atoms with Crippen LogP contribution in [0.2, 0.25) is 0 Å². The van der Waals surface area contributed by atoms with Crippen LogP contribution in [0.4, 0.5) is 11.4 Å². The van der Waals surface area contributed by atoms with Crippen LogP contribution in [0.25, 0.3) is 0 Å². The zero-order chi connectivity index (χ0) is 12.8. The van der Waals surface area contributed by atoms with Crippen molar-refractivity contribution in [3.63, 3.8) is 0 Å². The number of hydrogen-bond donors (Lipinski definition) is 2. The number of anilines is 1. The molecule has 0 unspecified atom stereocenters. The van der Waals surface area contributed by atoms with Gasteiger partial charge in [0.05, 0.1) is 4.92 Å². The molecule has 7 heteroatoms. The number of halogens is 1. The molecule has 0 aliphatic carbocycles. The first-order chi connectivity index (χ1) is 8.04. The highest BCUT2D eigenvalue weighted by Crippen LogP contribution is 2.27. The van der Waals surface area contributed by atoms with Gasteiger partial charge in [-0.05, 0) is 12.1 Å². The van der Waals surface area contributed by atoms with Crippen LogP contribution < -0.4 is 10.6 Å². The second-order valence-electron chi connectivity index (χ2n) is 3.27. The Morgan fingerprint density at radius 2 is 2.24 bits per heavy atom. The van der Waals surface area contributed by atoms with Crippen LogP contribution in [0.1, 0.15) is 6.42 Å². The van der Waals surface area contributed by atoms with E-state index < -0.39 is 4.92 Å². The molecule has 0 bridgehead atoms. The number of nitrogens with zero attached hydrogens (tertiary/aromatic N) is 1. The third-order valence-corrected chi connectivity index (χ3v) is 2.60. The maximum atomic E-state index is 11.0. The number of carbonyl (C=O) groups excluding carboxylic acids is 1. The van der Waals surface area contributed by atoms with E-state index in [4.69, 9.17) is 0 Å². The quantitative estimate of drug-likeness (QED) is 0.643. The number of amides is 1. The molecule has 0 fully saturated rings. The highest BCUT2D eigenvalue weighted by atomic mass is 79.9. The molecule has 0 aliphatic rings. The topological polar surface area (TPSA) is 84.3 Å². The fraction of sp³-hybridized carbons (Fsp3) is 0.300. The van der Waals surface area contributed by atoms with Gasteiger partial charge in [0, 0.05) is 30.6 Å². The van der Waals surface area contributed by atoms with Crippen LogP contribution in [0.3, 0.4) is 0 Å². The summed E-state index contributed by atoms with van der Waals surface area (Å²) in [7, 11) is 1.55. The molecule has 0 aliphatic heterocycles. The Morgan fingerprint density at radius 1 is 1.53 bits per heavy atom. The van der Waals surface area contributed by atoms with Crippen LogP contribution in [0, 0.1) is 10.1 Å². The molecule has 0 saturated heterocycles. The molecule has 0 aromatic heterocycles. The first kappa shape index (κ1) is 13.4. The van der Waals surface area contributed by atoms with Crippen molar-refractivity contribution in [1.82, 2.24) is 5.32 Å². The standard InChI is InChI=1S/C10H12BrN3O3/c1-12-10(15)4-5-13-8-3-2-7(11)6-9(8)14(16)17/h2-3,6,13H,4-5H2,1H3,(H,12,15). The second kappa shape index (κ2) is 6.19. The maximum Gasteiger partial charge on any atom is 0.293 e. The molecule has 1 rings (SSSR count). The van der Waals surface area contributed by atoms with Crippen molar-refractivity contribution in [2.45, 2.75) is 6.42 Å². The molecule has 2 N–H and O–H groups in total. The molecule has 17 heavy (non-hydrogen) atoms. The molecule has 0 atom stereocenters. The summed E-state index contributed by atoms with van der Waals surface area (Å²) in [6.07, 6.45) is 0.268. The summed E-state index contributed by atoms with van der Waals surface area (Å²) in [5.41, 5.74) is 0.387. The summed E-state index contributed by atoms with van der Waals surface area (Å²) in [6.45, 7) is 0.349. The van der Waals surface area contributed by atoms with Gasteiger partial charge in [-0.2, -0.15) is 0 Å². The number of nitro benzene ring substituents is 1. The van der Waals surface area contributed by atoms with Gasteiger partial charge in [0.25, 0.3) is 5.69 Å². The van der Waals surface area contributed by atoms with Crippen LogP contribution in [0.15, 0.2) is 22.7 Å². The molecule has 1 aromatic rings. The van der Waals surface area contributed by atoms with Crippen molar-refractivity contribution in [2.24, 2.45) is 0 Å². The number of nitrogens with one attached hydrogen (secondary N) is 2. The Bertz CT molecular complexity index is 437. The zero-order valence-electron chi connectivity index (χ0n) is 9.20. The average Bonchev–Trinajstić information content (AvgIpc) is 2.30. The Labute approximate surface area is 107 Å². The number of rotatable bonds is 5. The van der Waals surface area contributed by atoms with Gasteiger partial charge in [-0.1, -0.05) is 15.9 Å². The lowest BCUT2D eigenvalue weighted by Crippen LogP contribution is -2.20. The first-order valence-corrected chi connectivity index (χ1v) is 5.72. The van der Waals surface area contributed by atoms with Crippen LogP contribution in [0.5, 0.6) is 0 Å². The Hall–Kier alpha value is -1.63. The van der Waals surface area contributed by atoms with Crippen molar-refractivity contribution in [1.29, 1.82) is 0 Å². The SMILES string of the molecule is CNC(=O)CCNc1ccc(Br)cc1[N+](=O)[O-]. The normalized spacial score (nSPS) is 9.76. The minimum atomic E-state index is -0.465. The summed E-state index contributed by atoms with van der Waals surface area (Å²) >= 11 is 3.17. The third kappa shape index (κ3) is 4.03. The Kier molecular flexibility index (Phi) is 4.89. The first-order valence-electron chi connectivity index (χ1n) is 4.93. The van der Waals surface area contributed by atoms with Crippen LogP contribution in [-0.4, -0.2) is 24.4 Å². The minimum Gasteiger partial charge on any atom is -0.379 e. The van der Waals surface area contributed by atoms with E-state index in [1.807, 2.05) is 0 Å². The Morgan fingerprint density at radius 3 is 2.82 bits per heavy atom. The molecule has 0 saturated carbocycles. The van der Waals surface area contributed by atoms with E-state index in [0.717, 1.165) is 0 Å². The molecule has 0 radical (unpaired) electrons. The maximum absolute atomic E-state index is 11.0. The summed E-state index contributed by atoms with van der Waals surface area (Å²) in [6, 6.07) is 4.73. The van der Waals surface area contributed by atoms with Crippen molar-refractivity contribution in [3.8, 4) is 0 Å². The molecule has 1 aromatic carbocycles. The summed E-state index contributed by atoms with van der Waals surface area (Å²) in [5.74, 6) is -0.114. The zero-order valence-corrected chi connectivity index (χ0v) is 10.8. The highest BCUT2D eigenvalue weighted by Gasteiger charge is 2.13. The molecule has 6 nitrogen and oxygen atoms in total. The number of benzene rings is 1. The van der Waals surface area contributed by atoms with Gasteiger partial charge in [-0.3, -0.25) is 14.9 Å². The van der Waals surface area contributed by atoms with E-state index in [2.05, 4.69) is 26.6 Å². The van der Waals surface area contributed by atoms with Gasteiger partial charge >= 0.3 is 0 Å². The van der Waals surface area contributed by atoms with Crippen molar-refractivity contribution < 1.29 is 9.72 Å². The molecular formula is C10H12BrN3O3. The van der Waals surface area contributed by atoms with E-state index in [0.29, 0.717) is 16.7 Å². The fourth-order valence-electron chi connectivity index (χ4n) is 1.24. The van der Waals surface area contributed by atoms with Gasteiger partial charge in [0.1, 0.15) is 5.69 Å². The summed E-state index contributed by atoms with van der Waals surface area (Å²) < 4.78 is 0.640. The number of nitro groups is 1. The predicted octanol–water partition coefficient (Wildman–Crippen LogP) is 1.91. The van der Waals surface area contributed by atoms with Crippen LogP contribution in [-0.2, 0) is 4.79 Å². The molecule has 92 valence electrons. The lowest BCUT2D eigenvalue weighted by molar-refractivity contribution is -0.384. The van der Waals surface area contributed by atoms with Gasteiger partial charge in [0.15, 0.2) is 0 Å². The van der Waals surface area contributed by atoms with Gasteiger partial charge in [-0.15, -0.1) is 0 Å². The predicted molar refractivity (Wildman–Crippen MR) is 68.0 cm³/mol. The molecule has 0 spiro atoms. The Balaban J connectivity index is 2.70. The van der Waals surface area contributed by atoms with E-state index in [1.165, 1.54) is 6.07 Å². The van der Waals surface area contributed by atoms with Crippen molar-refractivity contribution in [2.75, 3.05) is 18.9 Å². The van der Waals surface area contributed by atoms with Gasteiger partial charge in [-0.25, -0.2) is 0 Å². The third-order valence-electron chi connectivity index (χ3n) is 2.10. The smallest absolute Gasteiger partial charge is 0.293 e. The number of hydrogen-bond acceptors (Lipinski definition) is 4. The van der Waals surface area contributed by atoms with Gasteiger partial charge in [0.2, 0.25) is 5.91 Å². The monoisotopic (exact) mass is 301 g/mol. The number of carbonyl (C=O) groups is 1. The van der Waals surface area contributed by atoms with Crippen molar-refractivity contribution in [3.05, 3.63) is 32.8 Å². The van der Waals surface area contributed by atoms with E-state index in [-0.39, 0.29) is 18.0 Å². The summed E-state index contributed by atoms with van der Waals surface area (Å²) in [5, 5.41) is 16.1. The van der Waals surface area contributed by atoms with E-state index in [1.54, 1.807) is 19.2 Å². The largest absolute Gasteiger partial charge is 0.379 e. The average molecular weight is 302 g/mol. The lowest BCUT2D eigenvalue weighted by atomic mass is 10.2. The fourth-order valence-corrected chi connectivity index (χ4v) is 1.59. The molecular weight excluding hydrogens is 290 g/mol. The molecule has 1 amide bonds. The summed E-state index contributed by atoms with van der Waals surface area (Å²) in [4.78, 5) is 21.3. The lowest BCUT2D eigenvalue weighted by Gasteiger charge is -2.06. The van der Waals surface area contributed by atoms with E-state index in [9.17, 15) is 14.9 Å². The van der Waals surface area contributed by atoms with Crippen LogP contribution >= 0.6 is 15.9 Å². The highest BCUT2D eigenvalue weighted by molar-refractivity contribution is 9.10. The van der Waals surface area contributed by atoms with E-state index >= 15 is 0 Å². The molecule has 0 heterocycles. The second-order valence-corrected chi connectivity index (χ2v) is 4.18. The van der Waals surface area contributed by atoms with Crippen molar-refractivity contribution >= 4 is 33.2 Å².